The van der Waals surface area contributed by atoms with Crippen molar-refractivity contribution in [2.24, 2.45) is 5.92 Å². The maximum absolute atomic E-state index is 11.9. The highest BCUT2D eigenvalue weighted by Crippen LogP contribution is 2.28. The number of carbonyl (C=O) groups is 2. The Kier molecular flexibility index (Phi) is 4.01. The number of amides is 1. The summed E-state index contributed by atoms with van der Waals surface area (Å²) in [5.74, 6) is -1.30. The standard InChI is InChI=1S/C12H21NO4/c1-5-9-8(10(14)15)6-7-13(9)11(16)17-12(2,3)4/h8-9H,5-7H2,1-4H3,(H,14,15)/t8-,9+/m0/s1. The van der Waals surface area contributed by atoms with Crippen LogP contribution in [0.25, 0.3) is 0 Å². The summed E-state index contributed by atoms with van der Waals surface area (Å²) < 4.78 is 5.28. The van der Waals surface area contributed by atoms with Crippen LogP contribution in [0.1, 0.15) is 40.5 Å². The third kappa shape index (κ3) is 3.35. The minimum absolute atomic E-state index is 0.248. The molecule has 1 saturated heterocycles. The molecule has 0 aromatic heterocycles. The van der Waals surface area contributed by atoms with Crippen molar-refractivity contribution in [3.8, 4) is 0 Å². The van der Waals surface area contributed by atoms with Crippen molar-refractivity contribution in [3.63, 3.8) is 0 Å². The third-order valence-electron chi connectivity index (χ3n) is 2.91. The molecule has 1 aliphatic heterocycles. The largest absolute Gasteiger partial charge is 0.481 e. The first-order chi connectivity index (χ1) is 7.76. The fourth-order valence-electron chi connectivity index (χ4n) is 2.19. The summed E-state index contributed by atoms with van der Waals surface area (Å²) in [5.41, 5.74) is -0.545. The second-order valence-corrected chi connectivity index (χ2v) is 5.38. The van der Waals surface area contributed by atoms with Gasteiger partial charge in [0.05, 0.1) is 5.92 Å². The molecule has 17 heavy (non-hydrogen) atoms. The van der Waals surface area contributed by atoms with E-state index in [-0.39, 0.29) is 6.04 Å². The van der Waals surface area contributed by atoms with Gasteiger partial charge >= 0.3 is 12.1 Å². The van der Waals surface area contributed by atoms with Gasteiger partial charge < -0.3 is 14.7 Å². The first-order valence-electron chi connectivity index (χ1n) is 5.98. The molecular weight excluding hydrogens is 222 g/mol. The van der Waals surface area contributed by atoms with Crippen LogP contribution in [0.15, 0.2) is 0 Å². The van der Waals surface area contributed by atoms with E-state index in [1.807, 2.05) is 6.92 Å². The zero-order valence-electron chi connectivity index (χ0n) is 10.9. The van der Waals surface area contributed by atoms with Gasteiger partial charge in [0.2, 0.25) is 0 Å². The number of carboxylic acids is 1. The molecule has 1 rings (SSSR count). The lowest BCUT2D eigenvalue weighted by Gasteiger charge is -2.29. The average Bonchev–Trinajstić information content (AvgIpc) is 2.57. The van der Waals surface area contributed by atoms with E-state index in [1.165, 1.54) is 0 Å². The van der Waals surface area contributed by atoms with Crippen molar-refractivity contribution in [1.29, 1.82) is 0 Å². The molecule has 1 aliphatic rings. The monoisotopic (exact) mass is 243 g/mol. The first-order valence-corrected chi connectivity index (χ1v) is 5.98. The lowest BCUT2D eigenvalue weighted by Crippen LogP contribution is -2.42. The highest BCUT2D eigenvalue weighted by atomic mass is 16.6. The molecule has 1 fully saturated rings. The minimum Gasteiger partial charge on any atom is -0.481 e. The van der Waals surface area contributed by atoms with E-state index >= 15 is 0 Å². The quantitative estimate of drug-likeness (QED) is 0.806. The molecule has 0 unspecified atom stereocenters. The molecule has 98 valence electrons. The fraction of sp³-hybridized carbons (Fsp3) is 0.833. The summed E-state index contributed by atoms with van der Waals surface area (Å²) in [5, 5.41) is 9.07. The maximum Gasteiger partial charge on any atom is 0.410 e. The Hall–Kier alpha value is -1.26. The second-order valence-electron chi connectivity index (χ2n) is 5.38. The zero-order valence-corrected chi connectivity index (χ0v) is 10.9. The van der Waals surface area contributed by atoms with Crippen LogP contribution in [0.4, 0.5) is 4.79 Å². The van der Waals surface area contributed by atoms with Crippen LogP contribution >= 0.6 is 0 Å². The summed E-state index contributed by atoms with van der Waals surface area (Å²) in [6, 6.07) is -0.248. The predicted molar refractivity (Wildman–Crippen MR) is 62.8 cm³/mol. The molecule has 1 N–H and O–H groups in total. The molecular formula is C12H21NO4. The van der Waals surface area contributed by atoms with Crippen molar-refractivity contribution in [3.05, 3.63) is 0 Å². The number of nitrogens with zero attached hydrogens (tertiary/aromatic N) is 1. The van der Waals surface area contributed by atoms with Gasteiger partial charge in [-0.05, 0) is 33.6 Å². The summed E-state index contributed by atoms with van der Waals surface area (Å²) in [7, 11) is 0. The number of ether oxygens (including phenoxy) is 1. The summed E-state index contributed by atoms with van der Waals surface area (Å²) >= 11 is 0. The lowest BCUT2D eigenvalue weighted by molar-refractivity contribution is -0.142. The van der Waals surface area contributed by atoms with Gasteiger partial charge in [-0.3, -0.25) is 4.79 Å². The Balaban J connectivity index is 2.72. The van der Waals surface area contributed by atoms with Crippen LogP contribution < -0.4 is 0 Å². The fourth-order valence-corrected chi connectivity index (χ4v) is 2.19. The van der Waals surface area contributed by atoms with Crippen molar-refractivity contribution in [1.82, 2.24) is 4.90 Å². The van der Waals surface area contributed by atoms with Gasteiger partial charge in [0, 0.05) is 12.6 Å². The molecule has 2 atom stereocenters. The Morgan fingerprint density at radius 3 is 2.41 bits per heavy atom. The van der Waals surface area contributed by atoms with Crippen LogP contribution in [-0.4, -0.2) is 40.3 Å². The van der Waals surface area contributed by atoms with E-state index < -0.39 is 23.6 Å². The maximum atomic E-state index is 11.9. The second kappa shape index (κ2) is 4.94. The van der Waals surface area contributed by atoms with Crippen LogP contribution in [0, 0.1) is 5.92 Å². The highest BCUT2D eigenvalue weighted by molar-refractivity contribution is 5.75. The molecule has 0 aromatic rings. The predicted octanol–water partition coefficient (Wildman–Crippen LogP) is 2.11. The van der Waals surface area contributed by atoms with Gasteiger partial charge in [-0.25, -0.2) is 4.79 Å². The zero-order chi connectivity index (χ0) is 13.2. The van der Waals surface area contributed by atoms with Gasteiger partial charge in [0.15, 0.2) is 0 Å². The van der Waals surface area contributed by atoms with Gasteiger partial charge in [-0.15, -0.1) is 0 Å². The van der Waals surface area contributed by atoms with Crippen molar-refractivity contribution >= 4 is 12.1 Å². The number of carbonyl (C=O) groups excluding carboxylic acids is 1. The van der Waals surface area contributed by atoms with Crippen LogP contribution in [0.5, 0.6) is 0 Å². The molecule has 0 saturated carbocycles. The molecule has 0 radical (unpaired) electrons. The molecule has 0 aromatic carbocycles. The Morgan fingerprint density at radius 1 is 1.41 bits per heavy atom. The SMILES string of the molecule is CC[C@@H]1[C@@H](C(=O)O)CCN1C(=O)OC(C)(C)C. The Morgan fingerprint density at radius 2 is 2.00 bits per heavy atom. The minimum atomic E-state index is -0.831. The van der Waals surface area contributed by atoms with E-state index in [2.05, 4.69) is 0 Å². The van der Waals surface area contributed by atoms with Crippen molar-refractivity contribution in [2.75, 3.05) is 6.54 Å². The topological polar surface area (TPSA) is 66.8 Å². The van der Waals surface area contributed by atoms with Crippen LogP contribution in [0.2, 0.25) is 0 Å². The number of likely N-dealkylation sites (tertiary alicyclic amines) is 1. The summed E-state index contributed by atoms with van der Waals surface area (Å²) in [6.45, 7) is 7.76. The van der Waals surface area contributed by atoms with Gasteiger partial charge in [-0.2, -0.15) is 0 Å². The molecule has 0 spiro atoms. The number of carboxylic acid groups (broad SMARTS) is 1. The molecule has 1 heterocycles. The molecule has 5 heteroatoms. The van der Waals surface area contributed by atoms with E-state index in [9.17, 15) is 9.59 Å². The average molecular weight is 243 g/mol. The summed E-state index contributed by atoms with van der Waals surface area (Å²) in [4.78, 5) is 24.5. The van der Waals surface area contributed by atoms with E-state index in [1.54, 1.807) is 25.7 Å². The lowest BCUT2D eigenvalue weighted by atomic mass is 9.99. The first kappa shape index (κ1) is 13.8. The summed E-state index contributed by atoms with van der Waals surface area (Å²) in [6.07, 6.45) is 0.733. The van der Waals surface area contributed by atoms with Gasteiger partial charge in [0.25, 0.3) is 0 Å². The molecule has 0 aliphatic carbocycles. The number of rotatable bonds is 2. The smallest absolute Gasteiger partial charge is 0.410 e. The Labute approximate surface area is 102 Å². The number of aliphatic carboxylic acids is 1. The van der Waals surface area contributed by atoms with Crippen LogP contribution in [0.3, 0.4) is 0 Å². The van der Waals surface area contributed by atoms with Crippen molar-refractivity contribution in [2.45, 2.75) is 52.2 Å². The number of hydrogen-bond donors (Lipinski definition) is 1. The molecule has 1 amide bonds. The van der Waals surface area contributed by atoms with Gasteiger partial charge in [0.1, 0.15) is 5.60 Å². The third-order valence-corrected chi connectivity index (χ3v) is 2.91. The molecule has 5 nitrogen and oxygen atoms in total. The van der Waals surface area contributed by atoms with E-state index in [0.717, 1.165) is 0 Å². The van der Waals surface area contributed by atoms with Crippen molar-refractivity contribution < 1.29 is 19.4 Å². The normalized spacial score (nSPS) is 24.8. The Bertz CT molecular complexity index is 308. The van der Waals surface area contributed by atoms with Gasteiger partial charge in [-0.1, -0.05) is 6.92 Å². The molecule has 0 bridgehead atoms. The number of hydrogen-bond acceptors (Lipinski definition) is 3. The van der Waals surface area contributed by atoms with Crippen LogP contribution in [-0.2, 0) is 9.53 Å². The highest BCUT2D eigenvalue weighted by Gasteiger charge is 2.41. The van der Waals surface area contributed by atoms with E-state index in [4.69, 9.17) is 9.84 Å². The van der Waals surface area contributed by atoms with E-state index in [0.29, 0.717) is 19.4 Å².